The zero-order valence-electron chi connectivity index (χ0n) is 16.6. The minimum atomic E-state index is -0.334. The van der Waals surface area contributed by atoms with Crippen molar-refractivity contribution < 1.29 is 14.3 Å². The quantitative estimate of drug-likeness (QED) is 0.327. The van der Waals surface area contributed by atoms with Crippen molar-refractivity contribution in [1.29, 1.82) is 0 Å². The first-order valence-electron chi connectivity index (χ1n) is 9.55. The van der Waals surface area contributed by atoms with E-state index in [-0.39, 0.29) is 24.3 Å². The summed E-state index contributed by atoms with van der Waals surface area (Å²) in [5, 5.41) is 1.33. The Morgan fingerprint density at radius 3 is 2.47 bits per heavy atom. The van der Waals surface area contributed by atoms with Gasteiger partial charge in [-0.15, -0.1) is 0 Å². The van der Waals surface area contributed by atoms with Crippen LogP contribution in [0.2, 0.25) is 15.1 Å². The molecule has 32 heavy (non-hydrogen) atoms. The summed E-state index contributed by atoms with van der Waals surface area (Å²) in [6.45, 7) is 0.448. The summed E-state index contributed by atoms with van der Waals surface area (Å²) in [6.07, 6.45) is 1.69. The van der Waals surface area contributed by atoms with Crippen molar-refractivity contribution >= 4 is 63.8 Å². The third-order valence-corrected chi connectivity index (χ3v) is 6.40. The maximum Gasteiger partial charge on any atom is 0.293 e. The Kier molecular flexibility index (Phi) is 7.11. The predicted octanol–water partition coefficient (Wildman–Crippen LogP) is 7.46. The van der Waals surface area contributed by atoms with Gasteiger partial charge < -0.3 is 4.74 Å². The number of halogens is 3. The van der Waals surface area contributed by atoms with E-state index in [4.69, 9.17) is 39.5 Å². The molecule has 0 N–H and O–H groups in total. The number of nitrogens with zero attached hydrogens (tertiary/aromatic N) is 1. The van der Waals surface area contributed by atoms with E-state index in [2.05, 4.69) is 0 Å². The van der Waals surface area contributed by atoms with E-state index in [0.717, 1.165) is 28.5 Å². The molecule has 0 radical (unpaired) electrons. The van der Waals surface area contributed by atoms with E-state index < -0.39 is 0 Å². The Hall–Kier alpha value is -2.44. The first-order valence-corrected chi connectivity index (χ1v) is 11.5. The molecule has 3 aromatic carbocycles. The predicted molar refractivity (Wildman–Crippen MR) is 130 cm³/mol. The van der Waals surface area contributed by atoms with Crippen molar-refractivity contribution in [3.05, 3.63) is 103 Å². The molecule has 1 aliphatic heterocycles. The van der Waals surface area contributed by atoms with Crippen LogP contribution in [-0.2, 0) is 17.9 Å². The highest BCUT2D eigenvalue weighted by molar-refractivity contribution is 8.18. The van der Waals surface area contributed by atoms with Gasteiger partial charge in [-0.25, -0.2) is 0 Å². The van der Waals surface area contributed by atoms with Crippen molar-refractivity contribution in [1.82, 2.24) is 4.90 Å². The zero-order valence-corrected chi connectivity index (χ0v) is 19.6. The lowest BCUT2D eigenvalue weighted by atomic mass is 10.2. The maximum atomic E-state index is 12.8. The number of hydrogen-bond donors (Lipinski definition) is 0. The fourth-order valence-corrected chi connectivity index (χ4v) is 4.61. The second kappa shape index (κ2) is 10.0. The van der Waals surface area contributed by atoms with Crippen LogP contribution in [0.25, 0.3) is 6.08 Å². The smallest absolute Gasteiger partial charge is 0.293 e. The van der Waals surface area contributed by atoms with Crippen LogP contribution in [0.3, 0.4) is 0 Å². The van der Waals surface area contributed by atoms with Crippen molar-refractivity contribution in [2.75, 3.05) is 0 Å². The second-order valence-corrected chi connectivity index (χ2v) is 9.27. The monoisotopic (exact) mass is 503 g/mol. The van der Waals surface area contributed by atoms with Gasteiger partial charge in [0.05, 0.1) is 11.4 Å². The molecule has 162 valence electrons. The van der Waals surface area contributed by atoms with Gasteiger partial charge in [0.1, 0.15) is 12.4 Å². The van der Waals surface area contributed by atoms with Crippen LogP contribution in [-0.4, -0.2) is 16.0 Å². The van der Waals surface area contributed by atoms with Gasteiger partial charge in [0.15, 0.2) is 0 Å². The number of amides is 2. The molecule has 8 heteroatoms. The van der Waals surface area contributed by atoms with E-state index in [1.54, 1.807) is 42.5 Å². The van der Waals surface area contributed by atoms with Gasteiger partial charge in [-0.2, -0.15) is 0 Å². The molecule has 0 saturated carbocycles. The SMILES string of the molecule is O=C1S/C(=C\c2cccc(OCc3ccc(Cl)cc3Cl)c2)C(=O)N1Cc1cccc(Cl)c1. The first-order chi connectivity index (χ1) is 15.4. The average Bonchev–Trinajstić information content (AvgIpc) is 3.01. The van der Waals surface area contributed by atoms with Gasteiger partial charge in [0.2, 0.25) is 0 Å². The molecule has 1 aliphatic rings. The lowest BCUT2D eigenvalue weighted by molar-refractivity contribution is -0.123. The molecule has 4 nitrogen and oxygen atoms in total. The number of hydrogen-bond acceptors (Lipinski definition) is 4. The van der Waals surface area contributed by atoms with E-state index >= 15 is 0 Å². The lowest BCUT2D eigenvalue weighted by Crippen LogP contribution is -2.27. The summed E-state index contributed by atoms with van der Waals surface area (Å²) in [7, 11) is 0. The van der Waals surface area contributed by atoms with E-state index in [1.807, 2.05) is 30.3 Å². The number of thioether (sulfide) groups is 1. The topological polar surface area (TPSA) is 46.6 Å². The molecule has 3 aromatic rings. The van der Waals surface area contributed by atoms with Crippen LogP contribution in [0.1, 0.15) is 16.7 Å². The maximum absolute atomic E-state index is 12.8. The molecule has 0 aromatic heterocycles. The molecule has 1 heterocycles. The summed E-state index contributed by atoms with van der Waals surface area (Å²) < 4.78 is 5.84. The third-order valence-electron chi connectivity index (χ3n) is 4.67. The van der Waals surface area contributed by atoms with Crippen LogP contribution in [0.5, 0.6) is 5.75 Å². The molecule has 0 atom stereocenters. The normalized spacial score (nSPS) is 15.0. The van der Waals surface area contributed by atoms with Crippen LogP contribution in [0, 0.1) is 0 Å². The van der Waals surface area contributed by atoms with Crippen LogP contribution < -0.4 is 4.74 Å². The van der Waals surface area contributed by atoms with Gasteiger partial charge in [-0.05, 0) is 65.4 Å². The summed E-state index contributed by atoms with van der Waals surface area (Å²) in [5.74, 6) is 0.280. The summed E-state index contributed by atoms with van der Waals surface area (Å²) in [4.78, 5) is 26.8. The Bertz CT molecular complexity index is 1230. The fourth-order valence-electron chi connectivity index (χ4n) is 3.10. The van der Waals surface area contributed by atoms with Gasteiger partial charge in [-0.1, -0.05) is 65.1 Å². The Labute approximate surface area is 204 Å². The van der Waals surface area contributed by atoms with Crippen molar-refractivity contribution in [3.63, 3.8) is 0 Å². The average molecular weight is 505 g/mol. The van der Waals surface area contributed by atoms with Crippen LogP contribution in [0.15, 0.2) is 71.6 Å². The minimum Gasteiger partial charge on any atom is -0.489 e. The summed E-state index contributed by atoms with van der Waals surface area (Å²) >= 11 is 19.0. The van der Waals surface area contributed by atoms with Crippen LogP contribution >= 0.6 is 46.6 Å². The number of carbonyl (C=O) groups excluding carboxylic acids is 2. The van der Waals surface area contributed by atoms with E-state index in [9.17, 15) is 9.59 Å². The molecule has 4 rings (SSSR count). The van der Waals surface area contributed by atoms with Crippen molar-refractivity contribution in [2.24, 2.45) is 0 Å². The Morgan fingerprint density at radius 2 is 1.69 bits per heavy atom. The third kappa shape index (κ3) is 5.48. The molecule has 0 spiro atoms. The highest BCUT2D eigenvalue weighted by Crippen LogP contribution is 2.34. The summed E-state index contributed by atoms with van der Waals surface area (Å²) in [5.41, 5.74) is 2.35. The van der Waals surface area contributed by atoms with Gasteiger partial charge in [-0.3, -0.25) is 14.5 Å². The van der Waals surface area contributed by atoms with Crippen molar-refractivity contribution in [3.8, 4) is 5.75 Å². The number of ether oxygens (including phenoxy) is 1. The Morgan fingerprint density at radius 1 is 0.906 bits per heavy atom. The standard InChI is InChI=1S/C24H16Cl3NO3S/c25-18-5-1-4-16(9-18)13-28-23(29)22(32-24(28)30)11-15-3-2-6-20(10-15)31-14-17-7-8-19(26)12-21(17)27/h1-12H,13-14H2/b22-11-. The zero-order chi connectivity index (χ0) is 22.7. The molecule has 0 aliphatic carbocycles. The fraction of sp³-hybridized carbons (Fsp3) is 0.0833. The molecule has 0 unspecified atom stereocenters. The van der Waals surface area contributed by atoms with E-state index in [0.29, 0.717) is 25.7 Å². The molecule has 1 saturated heterocycles. The number of carbonyl (C=O) groups is 2. The largest absolute Gasteiger partial charge is 0.489 e. The van der Waals surface area contributed by atoms with Crippen LogP contribution in [0.4, 0.5) is 4.79 Å². The molecule has 1 fully saturated rings. The number of imide groups is 1. The molecule has 0 bridgehead atoms. The highest BCUT2D eigenvalue weighted by Gasteiger charge is 2.35. The van der Waals surface area contributed by atoms with E-state index in [1.165, 1.54) is 4.90 Å². The van der Waals surface area contributed by atoms with Gasteiger partial charge in [0.25, 0.3) is 11.1 Å². The number of rotatable bonds is 6. The molecule has 2 amide bonds. The summed E-state index contributed by atoms with van der Waals surface area (Å²) in [6, 6.07) is 19.6. The van der Waals surface area contributed by atoms with Crippen molar-refractivity contribution in [2.45, 2.75) is 13.2 Å². The lowest BCUT2D eigenvalue weighted by Gasteiger charge is -2.12. The highest BCUT2D eigenvalue weighted by atomic mass is 35.5. The molecular weight excluding hydrogens is 489 g/mol. The Balaban J connectivity index is 1.46. The van der Waals surface area contributed by atoms with Gasteiger partial charge >= 0.3 is 0 Å². The minimum absolute atomic E-state index is 0.174. The molecular formula is C24H16Cl3NO3S. The first kappa shape index (κ1) is 22.7. The number of benzene rings is 3. The van der Waals surface area contributed by atoms with Gasteiger partial charge in [0, 0.05) is 20.6 Å². The second-order valence-electron chi connectivity index (χ2n) is 6.99.